The molecule has 0 atom stereocenters. The van der Waals surface area contributed by atoms with Gasteiger partial charge in [0.15, 0.2) is 0 Å². The number of benzene rings is 3. The van der Waals surface area contributed by atoms with Gasteiger partial charge in [-0.25, -0.2) is 0 Å². The molecule has 3 rings (SSSR count). The quantitative estimate of drug-likeness (QED) is 0.696. The molecule has 0 aliphatic heterocycles. The van der Waals surface area contributed by atoms with Gasteiger partial charge in [0.05, 0.1) is 21.3 Å². The van der Waals surface area contributed by atoms with Gasteiger partial charge >= 0.3 is 0 Å². The fraction of sp³-hybridized carbons (Fsp3) is 0.200. The van der Waals surface area contributed by atoms with Gasteiger partial charge in [0, 0.05) is 12.5 Å². The van der Waals surface area contributed by atoms with Crippen LogP contribution in [-0.2, 0) is 6.42 Å². The third-order valence-electron chi connectivity index (χ3n) is 4.05. The molecule has 0 radical (unpaired) electrons. The predicted molar refractivity (Wildman–Crippen MR) is 92.9 cm³/mol. The molecule has 0 fully saturated rings. The van der Waals surface area contributed by atoms with E-state index in [1.54, 1.807) is 21.3 Å². The Balaban J connectivity index is 2.01. The summed E-state index contributed by atoms with van der Waals surface area (Å²) in [5.74, 6) is 2.51. The van der Waals surface area contributed by atoms with E-state index in [1.807, 2.05) is 18.2 Å². The van der Waals surface area contributed by atoms with E-state index >= 15 is 0 Å². The van der Waals surface area contributed by atoms with Crippen molar-refractivity contribution in [2.45, 2.75) is 6.42 Å². The minimum absolute atomic E-state index is 0.799. The number of hydrogen-bond acceptors (Lipinski definition) is 3. The molecule has 0 saturated carbocycles. The van der Waals surface area contributed by atoms with E-state index < -0.39 is 0 Å². The van der Waals surface area contributed by atoms with E-state index in [9.17, 15) is 0 Å². The molecule has 0 heterocycles. The van der Waals surface area contributed by atoms with Crippen LogP contribution in [0.4, 0.5) is 0 Å². The molecule has 0 unspecified atom stereocenters. The molecule has 3 aromatic carbocycles. The Morgan fingerprint density at radius 1 is 0.696 bits per heavy atom. The summed E-state index contributed by atoms with van der Waals surface area (Å²) in [4.78, 5) is 0. The molecule has 23 heavy (non-hydrogen) atoms. The van der Waals surface area contributed by atoms with Crippen molar-refractivity contribution in [3.05, 3.63) is 65.7 Å². The second-order valence-electron chi connectivity index (χ2n) is 5.36. The number of hydrogen-bond donors (Lipinski definition) is 0. The Hall–Kier alpha value is -2.68. The van der Waals surface area contributed by atoms with Crippen LogP contribution in [0, 0.1) is 0 Å². The van der Waals surface area contributed by atoms with Crippen molar-refractivity contribution in [1.29, 1.82) is 0 Å². The van der Waals surface area contributed by atoms with Gasteiger partial charge < -0.3 is 14.2 Å². The van der Waals surface area contributed by atoms with Crippen LogP contribution in [0.5, 0.6) is 17.2 Å². The van der Waals surface area contributed by atoms with Crippen molar-refractivity contribution in [3.63, 3.8) is 0 Å². The van der Waals surface area contributed by atoms with Crippen molar-refractivity contribution in [2.24, 2.45) is 0 Å². The topological polar surface area (TPSA) is 27.7 Å². The lowest BCUT2D eigenvalue weighted by atomic mass is 9.97. The molecule has 0 amide bonds. The minimum atomic E-state index is 0.799. The Morgan fingerprint density at radius 2 is 1.43 bits per heavy atom. The van der Waals surface area contributed by atoms with E-state index in [0.29, 0.717) is 0 Å². The lowest BCUT2D eigenvalue weighted by Gasteiger charge is -2.12. The first kappa shape index (κ1) is 15.2. The number of fused-ring (bicyclic) bond motifs is 1. The van der Waals surface area contributed by atoms with E-state index in [0.717, 1.165) is 29.2 Å². The highest BCUT2D eigenvalue weighted by Crippen LogP contribution is 2.30. The lowest BCUT2D eigenvalue weighted by Crippen LogP contribution is -1.96. The zero-order chi connectivity index (χ0) is 16.2. The first-order chi connectivity index (χ1) is 11.2. The molecule has 0 saturated heterocycles. The summed E-state index contributed by atoms with van der Waals surface area (Å²) in [6.07, 6.45) is 0.802. The molecule has 0 aromatic heterocycles. The standard InChI is InChI=1S/C20H20O3/c1-21-17-9-10-19-14(5-4-6-15(19)12-17)11-16-7-8-18(22-2)13-20(16)23-3/h4-10,12-13H,11H2,1-3H3. The monoisotopic (exact) mass is 308 g/mol. The van der Waals surface area contributed by atoms with Crippen LogP contribution >= 0.6 is 0 Å². The van der Waals surface area contributed by atoms with E-state index in [-0.39, 0.29) is 0 Å². The lowest BCUT2D eigenvalue weighted by molar-refractivity contribution is 0.391. The van der Waals surface area contributed by atoms with Crippen LogP contribution in [0.25, 0.3) is 10.8 Å². The predicted octanol–water partition coefficient (Wildman–Crippen LogP) is 4.46. The highest BCUT2D eigenvalue weighted by atomic mass is 16.5. The van der Waals surface area contributed by atoms with Crippen LogP contribution < -0.4 is 14.2 Å². The Kier molecular flexibility index (Phi) is 4.38. The molecule has 0 N–H and O–H groups in total. The fourth-order valence-electron chi connectivity index (χ4n) is 2.81. The van der Waals surface area contributed by atoms with Gasteiger partial charge in [-0.05, 0) is 40.1 Å². The van der Waals surface area contributed by atoms with Crippen molar-refractivity contribution in [1.82, 2.24) is 0 Å². The van der Waals surface area contributed by atoms with Crippen LogP contribution in [-0.4, -0.2) is 21.3 Å². The summed E-state index contributed by atoms with van der Waals surface area (Å²) in [7, 11) is 5.03. The first-order valence-corrected chi connectivity index (χ1v) is 7.51. The average molecular weight is 308 g/mol. The minimum Gasteiger partial charge on any atom is -0.497 e. The normalized spacial score (nSPS) is 10.6. The highest BCUT2D eigenvalue weighted by molar-refractivity contribution is 5.87. The summed E-state index contributed by atoms with van der Waals surface area (Å²) in [5, 5.41) is 2.40. The maximum Gasteiger partial charge on any atom is 0.126 e. The third kappa shape index (κ3) is 3.09. The van der Waals surface area contributed by atoms with Gasteiger partial charge in [0.25, 0.3) is 0 Å². The van der Waals surface area contributed by atoms with Crippen LogP contribution in [0.3, 0.4) is 0 Å². The summed E-state index contributed by atoms with van der Waals surface area (Å²) in [5.41, 5.74) is 2.39. The molecule has 118 valence electrons. The van der Waals surface area contributed by atoms with Crippen molar-refractivity contribution < 1.29 is 14.2 Å². The molecular weight excluding hydrogens is 288 g/mol. The van der Waals surface area contributed by atoms with Crippen LogP contribution in [0.1, 0.15) is 11.1 Å². The molecular formula is C20H20O3. The van der Waals surface area contributed by atoms with Gasteiger partial charge in [-0.15, -0.1) is 0 Å². The summed E-state index contributed by atoms with van der Waals surface area (Å²) >= 11 is 0. The van der Waals surface area contributed by atoms with Gasteiger partial charge in [-0.3, -0.25) is 0 Å². The zero-order valence-corrected chi connectivity index (χ0v) is 13.6. The molecule has 0 bridgehead atoms. The molecule has 3 nitrogen and oxygen atoms in total. The van der Waals surface area contributed by atoms with E-state index in [4.69, 9.17) is 14.2 Å². The largest absolute Gasteiger partial charge is 0.497 e. The zero-order valence-electron chi connectivity index (χ0n) is 13.6. The van der Waals surface area contributed by atoms with Crippen molar-refractivity contribution in [3.8, 4) is 17.2 Å². The molecule has 3 aromatic rings. The molecule has 0 aliphatic rings. The Bertz CT molecular complexity index is 824. The van der Waals surface area contributed by atoms with Gasteiger partial charge in [0.2, 0.25) is 0 Å². The SMILES string of the molecule is COc1ccc(Cc2cccc3cc(OC)ccc23)c(OC)c1. The average Bonchev–Trinajstić information content (AvgIpc) is 2.61. The summed E-state index contributed by atoms with van der Waals surface area (Å²) < 4.78 is 16.1. The highest BCUT2D eigenvalue weighted by Gasteiger charge is 2.09. The summed E-state index contributed by atoms with van der Waals surface area (Å²) in [6.45, 7) is 0. The number of ether oxygens (including phenoxy) is 3. The second-order valence-corrected chi connectivity index (χ2v) is 5.36. The first-order valence-electron chi connectivity index (χ1n) is 7.51. The maximum atomic E-state index is 5.51. The molecule has 0 aliphatic carbocycles. The Labute approximate surface area is 136 Å². The maximum absolute atomic E-state index is 5.51. The van der Waals surface area contributed by atoms with Crippen molar-refractivity contribution >= 4 is 10.8 Å². The number of methoxy groups -OCH3 is 3. The Morgan fingerprint density at radius 3 is 2.17 bits per heavy atom. The molecule has 0 spiro atoms. The second kappa shape index (κ2) is 6.61. The van der Waals surface area contributed by atoms with Crippen molar-refractivity contribution in [2.75, 3.05) is 21.3 Å². The van der Waals surface area contributed by atoms with Crippen LogP contribution in [0.15, 0.2) is 54.6 Å². The fourth-order valence-corrected chi connectivity index (χ4v) is 2.81. The van der Waals surface area contributed by atoms with E-state index in [1.165, 1.54) is 16.3 Å². The van der Waals surface area contributed by atoms with E-state index in [2.05, 4.69) is 36.4 Å². The van der Waals surface area contributed by atoms with Gasteiger partial charge in [-0.1, -0.05) is 30.3 Å². The number of rotatable bonds is 5. The van der Waals surface area contributed by atoms with Gasteiger partial charge in [-0.2, -0.15) is 0 Å². The smallest absolute Gasteiger partial charge is 0.126 e. The van der Waals surface area contributed by atoms with Crippen LogP contribution in [0.2, 0.25) is 0 Å². The summed E-state index contributed by atoms with van der Waals surface area (Å²) in [6, 6.07) is 18.4. The van der Waals surface area contributed by atoms with Gasteiger partial charge in [0.1, 0.15) is 17.2 Å². The third-order valence-corrected chi connectivity index (χ3v) is 4.05. The molecule has 3 heteroatoms.